The molecule has 0 atom stereocenters. The third kappa shape index (κ3) is 1.67. The Morgan fingerprint density at radius 3 is 2.33 bits per heavy atom. The molecule has 0 aliphatic heterocycles. The Labute approximate surface area is 88.5 Å². The lowest BCUT2D eigenvalue weighted by Crippen LogP contribution is -2.07. The van der Waals surface area contributed by atoms with E-state index in [0.29, 0.717) is 35.9 Å². The van der Waals surface area contributed by atoms with Crippen molar-refractivity contribution in [1.29, 1.82) is 0 Å². The van der Waals surface area contributed by atoms with Gasteiger partial charge in [0.05, 0.1) is 5.69 Å². The Bertz CT molecular complexity index is 404. The van der Waals surface area contributed by atoms with Crippen molar-refractivity contribution in [3.63, 3.8) is 0 Å². The molecule has 0 saturated heterocycles. The maximum Gasteiger partial charge on any atom is 0.179 e. The summed E-state index contributed by atoms with van der Waals surface area (Å²) in [6, 6.07) is 0. The number of aromatic nitrogens is 1. The lowest BCUT2D eigenvalue weighted by Gasteiger charge is -2.01. The number of carbonyl (C=O) groups is 2. The van der Waals surface area contributed by atoms with Gasteiger partial charge in [0.25, 0.3) is 0 Å². The van der Waals surface area contributed by atoms with Gasteiger partial charge in [0, 0.05) is 12.5 Å². The molecule has 0 aliphatic rings. The number of ketones is 1. The second kappa shape index (κ2) is 4.29. The van der Waals surface area contributed by atoms with Crippen molar-refractivity contribution < 1.29 is 14.8 Å². The number of Topliss-reactive ketones (excluding diaryl/α,β-unsaturated/α-hetero) is 1. The van der Waals surface area contributed by atoms with Gasteiger partial charge in [0.1, 0.15) is 5.69 Å². The smallest absolute Gasteiger partial charge is 0.179 e. The van der Waals surface area contributed by atoms with E-state index in [1.165, 1.54) is 6.92 Å². The van der Waals surface area contributed by atoms with E-state index in [0.717, 1.165) is 4.73 Å². The fourth-order valence-corrected chi connectivity index (χ4v) is 1.88. The van der Waals surface area contributed by atoms with Crippen LogP contribution in [-0.2, 0) is 12.8 Å². The molecule has 1 heterocycles. The van der Waals surface area contributed by atoms with Crippen molar-refractivity contribution in [2.24, 2.45) is 0 Å². The molecule has 0 radical (unpaired) electrons. The minimum absolute atomic E-state index is 0.225. The van der Waals surface area contributed by atoms with E-state index >= 15 is 0 Å². The molecule has 0 aliphatic carbocycles. The van der Waals surface area contributed by atoms with Crippen LogP contribution in [-0.4, -0.2) is 22.0 Å². The summed E-state index contributed by atoms with van der Waals surface area (Å²) in [7, 11) is 0. The third-order valence-corrected chi connectivity index (χ3v) is 2.53. The number of hydrogen-bond donors (Lipinski definition) is 1. The molecule has 4 heteroatoms. The normalized spacial score (nSPS) is 10.3. The zero-order valence-corrected chi connectivity index (χ0v) is 9.20. The number of carbonyl (C=O) groups excluding carboxylic acids is 2. The van der Waals surface area contributed by atoms with Crippen molar-refractivity contribution in [3.05, 3.63) is 22.5 Å². The number of hydrogen-bond acceptors (Lipinski definition) is 3. The van der Waals surface area contributed by atoms with Crippen LogP contribution in [0.15, 0.2) is 0 Å². The third-order valence-electron chi connectivity index (χ3n) is 2.53. The van der Waals surface area contributed by atoms with Crippen LogP contribution >= 0.6 is 0 Å². The summed E-state index contributed by atoms with van der Waals surface area (Å²) >= 11 is 0. The van der Waals surface area contributed by atoms with Gasteiger partial charge in [-0.25, -0.2) is 0 Å². The van der Waals surface area contributed by atoms with E-state index < -0.39 is 0 Å². The predicted octanol–water partition coefficient (Wildman–Crippen LogP) is 1.87. The van der Waals surface area contributed by atoms with Crippen LogP contribution in [0.1, 0.15) is 52.9 Å². The quantitative estimate of drug-likeness (QED) is 0.468. The molecule has 0 fully saturated rings. The predicted molar refractivity (Wildman–Crippen MR) is 55.8 cm³/mol. The van der Waals surface area contributed by atoms with Crippen LogP contribution in [0.4, 0.5) is 0 Å². The van der Waals surface area contributed by atoms with Gasteiger partial charge in [-0.3, -0.25) is 9.59 Å². The minimum Gasteiger partial charge on any atom is -0.428 e. The van der Waals surface area contributed by atoms with E-state index in [4.69, 9.17) is 0 Å². The first-order chi connectivity index (χ1) is 7.08. The first kappa shape index (κ1) is 11.5. The summed E-state index contributed by atoms with van der Waals surface area (Å²) in [6.07, 6.45) is 1.78. The fourth-order valence-electron chi connectivity index (χ4n) is 1.88. The van der Waals surface area contributed by atoms with E-state index in [-0.39, 0.29) is 11.5 Å². The average molecular weight is 209 g/mol. The van der Waals surface area contributed by atoms with Crippen molar-refractivity contribution in [2.45, 2.75) is 33.6 Å². The summed E-state index contributed by atoms with van der Waals surface area (Å²) in [5, 5.41) is 9.76. The first-order valence-electron chi connectivity index (χ1n) is 5.00. The van der Waals surface area contributed by atoms with E-state index in [2.05, 4.69) is 0 Å². The average Bonchev–Trinajstić information content (AvgIpc) is 2.49. The second-order valence-corrected chi connectivity index (χ2v) is 3.38. The Balaban J connectivity index is 3.58. The van der Waals surface area contributed by atoms with Gasteiger partial charge >= 0.3 is 0 Å². The Morgan fingerprint density at radius 2 is 2.00 bits per heavy atom. The Hall–Kier alpha value is -1.58. The summed E-state index contributed by atoms with van der Waals surface area (Å²) in [6.45, 7) is 5.07. The molecule has 0 aromatic carbocycles. The molecule has 0 saturated carbocycles. The summed E-state index contributed by atoms with van der Waals surface area (Å²) in [5.74, 6) is -0.225. The Kier molecular flexibility index (Phi) is 3.29. The van der Waals surface area contributed by atoms with Gasteiger partial charge < -0.3 is 5.21 Å². The van der Waals surface area contributed by atoms with Gasteiger partial charge in [-0.2, -0.15) is 4.73 Å². The topological polar surface area (TPSA) is 59.3 Å². The van der Waals surface area contributed by atoms with E-state index in [1.807, 2.05) is 13.8 Å². The largest absolute Gasteiger partial charge is 0.428 e. The van der Waals surface area contributed by atoms with Crippen molar-refractivity contribution in [2.75, 3.05) is 0 Å². The first-order valence-corrected chi connectivity index (χ1v) is 5.00. The van der Waals surface area contributed by atoms with Crippen LogP contribution < -0.4 is 0 Å². The second-order valence-electron chi connectivity index (χ2n) is 3.38. The molecule has 0 bridgehead atoms. The highest BCUT2D eigenvalue weighted by Gasteiger charge is 2.22. The lowest BCUT2D eigenvalue weighted by atomic mass is 10.0. The highest BCUT2D eigenvalue weighted by molar-refractivity contribution is 5.97. The molecular formula is C11H15NO3. The molecule has 82 valence electrons. The SMILES string of the molecule is CCc1c(C=O)c(CC)n(O)c1C(C)=O. The lowest BCUT2D eigenvalue weighted by molar-refractivity contribution is 0.0955. The molecule has 4 nitrogen and oxygen atoms in total. The number of nitrogens with zero attached hydrogens (tertiary/aromatic N) is 1. The molecule has 0 amide bonds. The van der Waals surface area contributed by atoms with Crippen LogP contribution in [0, 0.1) is 0 Å². The molecule has 15 heavy (non-hydrogen) atoms. The highest BCUT2D eigenvalue weighted by Crippen LogP contribution is 2.22. The molecule has 1 aromatic rings. The van der Waals surface area contributed by atoms with Crippen molar-refractivity contribution in [3.8, 4) is 0 Å². The maximum absolute atomic E-state index is 11.3. The van der Waals surface area contributed by atoms with Crippen LogP contribution in [0.3, 0.4) is 0 Å². The van der Waals surface area contributed by atoms with E-state index in [1.54, 1.807) is 0 Å². The molecule has 1 aromatic heterocycles. The van der Waals surface area contributed by atoms with Gasteiger partial charge in [0.15, 0.2) is 12.1 Å². The molecule has 0 spiro atoms. The zero-order valence-electron chi connectivity index (χ0n) is 9.20. The summed E-state index contributed by atoms with van der Waals surface area (Å²) < 4.78 is 0.852. The molecule has 1 rings (SSSR count). The standard InChI is InChI=1S/C11H15NO3/c1-4-8-9(6-13)10(5-2)12(15)11(8)7(3)14/h6,15H,4-5H2,1-3H3. The van der Waals surface area contributed by atoms with Crippen molar-refractivity contribution >= 4 is 12.1 Å². The van der Waals surface area contributed by atoms with Gasteiger partial charge in [-0.05, 0) is 18.4 Å². The van der Waals surface area contributed by atoms with E-state index in [9.17, 15) is 14.8 Å². The summed E-state index contributed by atoms with van der Waals surface area (Å²) in [4.78, 5) is 22.3. The van der Waals surface area contributed by atoms with Crippen LogP contribution in [0.5, 0.6) is 0 Å². The van der Waals surface area contributed by atoms with Gasteiger partial charge in [-0.1, -0.05) is 13.8 Å². The fraction of sp³-hybridized carbons (Fsp3) is 0.455. The number of aldehydes is 1. The maximum atomic E-state index is 11.3. The van der Waals surface area contributed by atoms with Crippen molar-refractivity contribution in [1.82, 2.24) is 4.73 Å². The van der Waals surface area contributed by atoms with Gasteiger partial charge in [0.2, 0.25) is 0 Å². The van der Waals surface area contributed by atoms with Gasteiger partial charge in [-0.15, -0.1) is 0 Å². The summed E-state index contributed by atoms with van der Waals surface area (Å²) in [5.41, 5.74) is 1.83. The monoisotopic (exact) mass is 209 g/mol. The minimum atomic E-state index is -0.225. The molecule has 1 N–H and O–H groups in total. The van der Waals surface area contributed by atoms with Crippen LogP contribution in [0.2, 0.25) is 0 Å². The molecule has 0 unspecified atom stereocenters. The zero-order chi connectivity index (χ0) is 11.6. The molecular weight excluding hydrogens is 194 g/mol. The highest BCUT2D eigenvalue weighted by atomic mass is 16.5. The van der Waals surface area contributed by atoms with Crippen LogP contribution in [0.25, 0.3) is 0 Å². The number of rotatable bonds is 4. The Morgan fingerprint density at radius 1 is 1.40 bits per heavy atom.